The monoisotopic (exact) mass is 556 g/mol. The normalized spacial score (nSPS) is 24.3. The Morgan fingerprint density at radius 1 is 0.865 bits per heavy atom. The van der Waals surface area contributed by atoms with Crippen molar-refractivity contribution in [3.8, 4) is 11.5 Å². The maximum absolute atomic E-state index is 13.6. The Kier molecular flexibility index (Phi) is 7.80. The van der Waals surface area contributed by atoms with Crippen molar-refractivity contribution in [1.29, 1.82) is 0 Å². The predicted molar refractivity (Wildman–Crippen MR) is 130 cm³/mol. The Balaban J connectivity index is 1.35. The minimum atomic E-state index is -1.09. The third-order valence-corrected chi connectivity index (χ3v) is 7.59. The highest BCUT2D eigenvalue weighted by molar-refractivity contribution is 6.31. The van der Waals surface area contributed by atoms with Crippen LogP contribution in [0.15, 0.2) is 36.4 Å². The summed E-state index contributed by atoms with van der Waals surface area (Å²) in [6.07, 6.45) is 1.67. The maximum atomic E-state index is 13.6. The van der Waals surface area contributed by atoms with Crippen LogP contribution in [0.3, 0.4) is 0 Å². The lowest BCUT2D eigenvalue weighted by atomic mass is 9.56. The molecular formula is C25H24Cl2F2N2O6. The molecule has 37 heavy (non-hydrogen) atoms. The molecule has 0 aliphatic heterocycles. The molecule has 0 heterocycles. The van der Waals surface area contributed by atoms with Crippen molar-refractivity contribution in [1.82, 2.24) is 10.6 Å². The third-order valence-electron chi connectivity index (χ3n) is 6.97. The van der Waals surface area contributed by atoms with Crippen LogP contribution in [0.2, 0.25) is 10.0 Å². The summed E-state index contributed by atoms with van der Waals surface area (Å²) in [5, 5.41) is 15.5. The summed E-state index contributed by atoms with van der Waals surface area (Å²) < 4.78 is 37.9. The van der Waals surface area contributed by atoms with Gasteiger partial charge in [0.2, 0.25) is 0 Å². The Hall–Kier alpha value is -3.11. The highest BCUT2D eigenvalue weighted by Gasteiger charge is 2.58. The second-order valence-corrected chi connectivity index (χ2v) is 10.2. The molecule has 2 aromatic carbocycles. The van der Waals surface area contributed by atoms with Gasteiger partial charge in [-0.3, -0.25) is 14.4 Å². The number of amides is 2. The Labute approximate surface area is 221 Å². The summed E-state index contributed by atoms with van der Waals surface area (Å²) >= 11 is 11.3. The summed E-state index contributed by atoms with van der Waals surface area (Å²) in [6.45, 7) is -0.815. The third kappa shape index (κ3) is 6.07. The van der Waals surface area contributed by atoms with Crippen LogP contribution in [0.4, 0.5) is 8.78 Å². The van der Waals surface area contributed by atoms with E-state index in [9.17, 15) is 28.3 Å². The molecule has 2 aromatic rings. The summed E-state index contributed by atoms with van der Waals surface area (Å²) in [7, 11) is 0. The topological polar surface area (TPSA) is 114 Å². The highest BCUT2D eigenvalue weighted by atomic mass is 35.5. The largest absolute Gasteiger partial charge is 0.484 e. The molecular weight excluding hydrogens is 533 g/mol. The fourth-order valence-corrected chi connectivity index (χ4v) is 5.34. The minimum absolute atomic E-state index is 0.0687. The molecule has 2 amide bonds. The first kappa shape index (κ1) is 26.9. The van der Waals surface area contributed by atoms with Gasteiger partial charge in [0.25, 0.3) is 11.8 Å². The first-order valence-electron chi connectivity index (χ1n) is 11.5. The molecule has 3 aliphatic carbocycles. The van der Waals surface area contributed by atoms with Crippen LogP contribution in [0.1, 0.15) is 32.1 Å². The van der Waals surface area contributed by atoms with Crippen molar-refractivity contribution >= 4 is 41.0 Å². The van der Waals surface area contributed by atoms with Crippen LogP contribution in [-0.2, 0) is 14.4 Å². The summed E-state index contributed by atoms with van der Waals surface area (Å²) in [5.74, 6) is -4.16. The fraction of sp³-hybridized carbons (Fsp3) is 0.400. The summed E-state index contributed by atoms with van der Waals surface area (Å²) in [4.78, 5) is 37.4. The number of rotatable bonds is 9. The van der Waals surface area contributed by atoms with E-state index in [1.54, 1.807) is 0 Å². The van der Waals surface area contributed by atoms with Crippen molar-refractivity contribution in [3.05, 3.63) is 58.1 Å². The lowest BCUT2D eigenvalue weighted by molar-refractivity contribution is -0.154. The second-order valence-electron chi connectivity index (χ2n) is 9.36. The van der Waals surface area contributed by atoms with Crippen molar-refractivity contribution in [2.24, 2.45) is 5.92 Å². The zero-order chi connectivity index (χ0) is 26.8. The molecule has 0 aromatic heterocycles. The molecule has 0 spiro atoms. The number of benzene rings is 2. The standard InChI is InChI=1S/C25H24Cl2F2N2O6/c26-17-3-1-14(9-19(17)28)36-12-21(32)30-24-5-7-25(8-6-24,16(11-24)23(34)35)31-22(33)13-37-15-2-4-18(27)20(29)10-15/h1-4,9-10,16H,5-8,11-13H2,(H,30,32)(H,31,33)(H,34,35)/t16-,24?,25?/m1/s1. The van der Waals surface area contributed by atoms with E-state index >= 15 is 0 Å². The smallest absolute Gasteiger partial charge is 0.308 e. The maximum Gasteiger partial charge on any atom is 0.308 e. The second kappa shape index (κ2) is 10.7. The van der Waals surface area contributed by atoms with Gasteiger partial charge < -0.3 is 25.2 Å². The first-order valence-corrected chi connectivity index (χ1v) is 12.3. The lowest BCUT2D eigenvalue weighted by Crippen LogP contribution is -2.69. The molecule has 0 radical (unpaired) electrons. The zero-order valence-electron chi connectivity index (χ0n) is 19.5. The van der Waals surface area contributed by atoms with Gasteiger partial charge in [-0.2, -0.15) is 0 Å². The van der Waals surface area contributed by atoms with Crippen LogP contribution in [0.25, 0.3) is 0 Å². The Bertz CT molecular complexity index is 1220. The van der Waals surface area contributed by atoms with Gasteiger partial charge in [-0.25, -0.2) is 8.78 Å². The van der Waals surface area contributed by atoms with Gasteiger partial charge in [-0.15, -0.1) is 0 Å². The number of carbonyl (C=O) groups excluding carboxylic acids is 2. The van der Waals surface area contributed by atoms with Crippen LogP contribution in [0.5, 0.6) is 11.5 Å². The van der Waals surface area contributed by atoms with Crippen LogP contribution >= 0.6 is 23.2 Å². The van der Waals surface area contributed by atoms with E-state index in [4.69, 9.17) is 32.7 Å². The predicted octanol–water partition coefficient (Wildman–Crippen LogP) is 4.12. The number of aliphatic carboxylic acids is 1. The number of halogens is 4. The average molecular weight is 557 g/mol. The van der Waals surface area contributed by atoms with Crippen LogP contribution in [0, 0.1) is 17.6 Å². The van der Waals surface area contributed by atoms with E-state index in [0.29, 0.717) is 25.7 Å². The number of carbonyl (C=O) groups is 3. The molecule has 3 fully saturated rings. The fourth-order valence-electron chi connectivity index (χ4n) is 5.10. The molecule has 0 saturated heterocycles. The van der Waals surface area contributed by atoms with E-state index in [2.05, 4.69) is 10.6 Å². The average Bonchev–Trinajstić information content (AvgIpc) is 2.86. The van der Waals surface area contributed by atoms with Gasteiger partial charge in [0.05, 0.1) is 21.5 Å². The molecule has 3 aliphatic rings. The number of carboxylic acids is 1. The van der Waals surface area contributed by atoms with Crippen molar-refractivity contribution in [2.45, 2.75) is 43.2 Å². The van der Waals surface area contributed by atoms with Gasteiger partial charge in [0.1, 0.15) is 23.1 Å². The Morgan fingerprint density at radius 3 is 1.81 bits per heavy atom. The number of ether oxygens (including phenoxy) is 2. The van der Waals surface area contributed by atoms with Gasteiger partial charge >= 0.3 is 5.97 Å². The van der Waals surface area contributed by atoms with Gasteiger partial charge in [-0.05, 0) is 56.4 Å². The highest BCUT2D eigenvalue weighted by Crippen LogP contribution is 2.50. The quantitative estimate of drug-likeness (QED) is 0.428. The Morgan fingerprint density at radius 2 is 1.35 bits per heavy atom. The molecule has 5 rings (SSSR count). The lowest BCUT2D eigenvalue weighted by Gasteiger charge is -2.56. The van der Waals surface area contributed by atoms with E-state index in [-0.39, 0.29) is 34.6 Å². The van der Waals surface area contributed by atoms with Gasteiger partial charge in [0.15, 0.2) is 13.2 Å². The molecule has 3 N–H and O–H groups in total. The van der Waals surface area contributed by atoms with E-state index in [0.717, 1.165) is 12.1 Å². The van der Waals surface area contributed by atoms with E-state index in [1.807, 2.05) is 0 Å². The molecule has 3 saturated carbocycles. The minimum Gasteiger partial charge on any atom is -0.484 e. The van der Waals surface area contributed by atoms with E-state index in [1.165, 1.54) is 24.3 Å². The number of hydrogen-bond donors (Lipinski definition) is 3. The van der Waals surface area contributed by atoms with E-state index < -0.39 is 53.0 Å². The van der Waals surface area contributed by atoms with Crippen LogP contribution in [-0.4, -0.2) is 47.2 Å². The molecule has 198 valence electrons. The number of nitrogens with one attached hydrogen (secondary N) is 2. The number of carboxylic acid groups (broad SMARTS) is 1. The van der Waals surface area contributed by atoms with Gasteiger partial charge in [-0.1, -0.05) is 23.2 Å². The molecule has 0 unspecified atom stereocenters. The first-order chi connectivity index (χ1) is 17.5. The number of hydrogen-bond acceptors (Lipinski definition) is 5. The molecule has 2 bridgehead atoms. The molecule has 12 heteroatoms. The van der Waals surface area contributed by atoms with Gasteiger partial charge in [0, 0.05) is 17.7 Å². The molecule has 1 atom stereocenters. The van der Waals surface area contributed by atoms with Crippen LogP contribution < -0.4 is 20.1 Å². The van der Waals surface area contributed by atoms with Crippen molar-refractivity contribution in [2.75, 3.05) is 13.2 Å². The summed E-state index contributed by atoms with van der Waals surface area (Å²) in [6, 6.07) is 7.60. The molecule has 8 nitrogen and oxygen atoms in total. The summed E-state index contributed by atoms with van der Waals surface area (Å²) in [5.41, 5.74) is -1.76. The zero-order valence-corrected chi connectivity index (χ0v) is 21.0. The number of fused-ring (bicyclic) bond motifs is 3. The van der Waals surface area contributed by atoms with Crippen molar-refractivity contribution < 1.29 is 37.7 Å². The SMILES string of the molecule is O=C(COc1ccc(Cl)c(F)c1)NC12CCC(NC(=O)COc3ccc(Cl)c(F)c3)(CC1)[C@@H](C(=O)O)C2. The van der Waals surface area contributed by atoms with Crippen molar-refractivity contribution in [3.63, 3.8) is 0 Å².